The van der Waals surface area contributed by atoms with Crippen molar-refractivity contribution in [1.82, 2.24) is 0 Å². The van der Waals surface area contributed by atoms with Crippen molar-refractivity contribution in [2.24, 2.45) is 0 Å². The van der Waals surface area contributed by atoms with Gasteiger partial charge in [-0.15, -0.1) is 0 Å². The Morgan fingerprint density at radius 3 is 2.54 bits per heavy atom. The van der Waals surface area contributed by atoms with Crippen LogP contribution in [0.1, 0.15) is 12.5 Å². The predicted molar refractivity (Wildman–Crippen MR) is 98.5 cm³/mol. The third-order valence-electron chi connectivity index (χ3n) is 3.45. The van der Waals surface area contributed by atoms with E-state index in [1.54, 1.807) is 19.2 Å². The minimum Gasteiger partial charge on any atom is -0.495 e. The van der Waals surface area contributed by atoms with Crippen molar-refractivity contribution < 1.29 is 14.3 Å². The summed E-state index contributed by atoms with van der Waals surface area (Å²) in [5.41, 5.74) is 2.23. The standard InChI is InChI=1S/C18H19BrN2O3/c1-12-8-9-17(24-3)15(10-12)20-18(23)11-21(13(2)22)16-7-5-4-6-14(16)19/h4-10H,11H2,1-3H3,(H,20,23). The van der Waals surface area contributed by atoms with Crippen LogP contribution in [0.2, 0.25) is 0 Å². The molecule has 126 valence electrons. The first kappa shape index (κ1) is 18.0. The Balaban J connectivity index is 2.19. The smallest absolute Gasteiger partial charge is 0.244 e. The predicted octanol–water partition coefficient (Wildman–Crippen LogP) is 3.76. The average Bonchev–Trinajstić information content (AvgIpc) is 2.53. The fraction of sp³-hybridized carbons (Fsp3) is 0.222. The molecule has 0 saturated carbocycles. The van der Waals surface area contributed by atoms with Crippen LogP contribution in [0.3, 0.4) is 0 Å². The molecule has 6 heteroatoms. The Morgan fingerprint density at radius 1 is 1.21 bits per heavy atom. The number of rotatable bonds is 5. The summed E-state index contributed by atoms with van der Waals surface area (Å²) in [6.07, 6.45) is 0. The van der Waals surface area contributed by atoms with E-state index in [9.17, 15) is 9.59 Å². The summed E-state index contributed by atoms with van der Waals surface area (Å²) in [6, 6.07) is 12.8. The van der Waals surface area contributed by atoms with Gasteiger partial charge >= 0.3 is 0 Å². The average molecular weight is 391 g/mol. The highest BCUT2D eigenvalue weighted by Gasteiger charge is 2.18. The van der Waals surface area contributed by atoms with E-state index < -0.39 is 0 Å². The number of ether oxygens (including phenoxy) is 1. The Bertz CT molecular complexity index is 762. The second kappa shape index (κ2) is 7.97. The van der Waals surface area contributed by atoms with Gasteiger partial charge in [-0.05, 0) is 52.7 Å². The fourth-order valence-electron chi connectivity index (χ4n) is 2.29. The van der Waals surface area contributed by atoms with Gasteiger partial charge in [-0.2, -0.15) is 0 Å². The third-order valence-corrected chi connectivity index (χ3v) is 4.12. The van der Waals surface area contributed by atoms with Gasteiger partial charge in [0.2, 0.25) is 11.8 Å². The minimum absolute atomic E-state index is 0.0883. The van der Waals surface area contributed by atoms with Gasteiger partial charge in [0.05, 0.1) is 18.5 Å². The van der Waals surface area contributed by atoms with Gasteiger partial charge in [0, 0.05) is 11.4 Å². The Hall–Kier alpha value is -2.34. The van der Waals surface area contributed by atoms with Crippen molar-refractivity contribution in [3.05, 3.63) is 52.5 Å². The molecule has 2 aromatic carbocycles. The largest absolute Gasteiger partial charge is 0.495 e. The van der Waals surface area contributed by atoms with Crippen molar-refractivity contribution in [2.75, 3.05) is 23.9 Å². The number of amides is 2. The number of para-hydroxylation sites is 1. The van der Waals surface area contributed by atoms with E-state index in [0.29, 0.717) is 17.1 Å². The molecule has 0 radical (unpaired) electrons. The maximum Gasteiger partial charge on any atom is 0.244 e. The van der Waals surface area contributed by atoms with Crippen molar-refractivity contribution in [2.45, 2.75) is 13.8 Å². The Kier molecular flexibility index (Phi) is 5.98. The molecule has 0 aliphatic carbocycles. The first-order chi connectivity index (χ1) is 11.4. The second-order valence-corrected chi connectivity index (χ2v) is 6.16. The van der Waals surface area contributed by atoms with Crippen molar-refractivity contribution in [1.29, 1.82) is 0 Å². The van der Waals surface area contributed by atoms with E-state index in [2.05, 4.69) is 21.2 Å². The third kappa shape index (κ3) is 4.35. The molecule has 0 aromatic heterocycles. The summed E-state index contributed by atoms with van der Waals surface area (Å²) in [4.78, 5) is 25.8. The van der Waals surface area contributed by atoms with Gasteiger partial charge in [0.1, 0.15) is 12.3 Å². The lowest BCUT2D eigenvalue weighted by Gasteiger charge is -2.22. The molecular formula is C18H19BrN2O3. The van der Waals surface area contributed by atoms with Gasteiger partial charge in [-0.1, -0.05) is 18.2 Å². The van der Waals surface area contributed by atoms with Crippen LogP contribution < -0.4 is 15.0 Å². The molecule has 0 spiro atoms. The van der Waals surface area contributed by atoms with Crippen molar-refractivity contribution in [3.63, 3.8) is 0 Å². The monoisotopic (exact) mass is 390 g/mol. The topological polar surface area (TPSA) is 58.6 Å². The van der Waals surface area contributed by atoms with Crippen LogP contribution in [0.25, 0.3) is 0 Å². The highest BCUT2D eigenvalue weighted by molar-refractivity contribution is 9.10. The SMILES string of the molecule is COc1ccc(C)cc1NC(=O)CN(C(C)=O)c1ccccc1Br. The molecule has 0 aliphatic rings. The molecule has 1 N–H and O–H groups in total. The Morgan fingerprint density at radius 2 is 1.92 bits per heavy atom. The summed E-state index contributed by atoms with van der Waals surface area (Å²) >= 11 is 3.41. The number of hydrogen-bond acceptors (Lipinski definition) is 3. The number of carbonyl (C=O) groups excluding carboxylic acids is 2. The van der Waals surface area contributed by atoms with Crippen molar-refractivity contribution >= 4 is 39.1 Å². The van der Waals surface area contributed by atoms with Gasteiger partial charge in [-0.25, -0.2) is 0 Å². The lowest BCUT2D eigenvalue weighted by Crippen LogP contribution is -2.37. The summed E-state index contributed by atoms with van der Waals surface area (Å²) in [5.74, 6) is 0.0577. The van der Waals surface area contributed by atoms with Crippen LogP contribution in [-0.4, -0.2) is 25.5 Å². The zero-order valence-corrected chi connectivity index (χ0v) is 15.4. The fourth-order valence-corrected chi connectivity index (χ4v) is 2.79. The molecular weight excluding hydrogens is 372 g/mol. The molecule has 0 aliphatic heterocycles. The number of halogens is 1. The molecule has 2 rings (SSSR count). The number of nitrogens with zero attached hydrogens (tertiary/aromatic N) is 1. The first-order valence-corrected chi connectivity index (χ1v) is 8.18. The summed E-state index contributed by atoms with van der Waals surface area (Å²) < 4.78 is 6.01. The molecule has 2 aromatic rings. The highest BCUT2D eigenvalue weighted by Crippen LogP contribution is 2.27. The van der Waals surface area contributed by atoms with E-state index in [1.807, 2.05) is 37.3 Å². The number of methoxy groups -OCH3 is 1. The summed E-state index contributed by atoms with van der Waals surface area (Å²) in [6.45, 7) is 3.27. The Labute approximate surface area is 149 Å². The first-order valence-electron chi connectivity index (χ1n) is 7.39. The van der Waals surface area contributed by atoms with Crippen LogP contribution in [0.5, 0.6) is 5.75 Å². The highest BCUT2D eigenvalue weighted by atomic mass is 79.9. The van der Waals surface area contributed by atoms with E-state index >= 15 is 0 Å². The molecule has 0 atom stereocenters. The van der Waals surface area contributed by atoms with Gasteiger partial charge in [0.25, 0.3) is 0 Å². The summed E-state index contributed by atoms with van der Waals surface area (Å²) in [7, 11) is 1.54. The van der Waals surface area contributed by atoms with E-state index in [4.69, 9.17) is 4.74 Å². The molecule has 2 amide bonds. The number of hydrogen-bond donors (Lipinski definition) is 1. The van der Waals surface area contributed by atoms with Crippen LogP contribution in [-0.2, 0) is 9.59 Å². The van der Waals surface area contributed by atoms with Gasteiger partial charge < -0.3 is 15.0 Å². The van der Waals surface area contributed by atoms with Crippen LogP contribution >= 0.6 is 15.9 Å². The number of anilines is 2. The number of benzene rings is 2. The van der Waals surface area contributed by atoms with E-state index in [0.717, 1.165) is 10.0 Å². The quantitative estimate of drug-likeness (QED) is 0.845. The molecule has 0 bridgehead atoms. The van der Waals surface area contributed by atoms with Crippen LogP contribution in [0, 0.1) is 6.92 Å². The molecule has 5 nitrogen and oxygen atoms in total. The zero-order valence-electron chi connectivity index (χ0n) is 13.8. The molecule has 0 saturated heterocycles. The van der Waals surface area contributed by atoms with Gasteiger partial charge in [-0.3, -0.25) is 9.59 Å². The molecule has 0 heterocycles. The molecule has 0 fully saturated rings. The lowest BCUT2D eigenvalue weighted by atomic mass is 10.2. The zero-order chi connectivity index (χ0) is 17.7. The lowest BCUT2D eigenvalue weighted by molar-refractivity contribution is -0.120. The maximum atomic E-state index is 12.4. The second-order valence-electron chi connectivity index (χ2n) is 5.31. The normalized spacial score (nSPS) is 10.2. The number of nitrogens with one attached hydrogen (secondary N) is 1. The molecule has 0 unspecified atom stereocenters. The van der Waals surface area contributed by atoms with E-state index in [-0.39, 0.29) is 18.4 Å². The van der Waals surface area contributed by atoms with Crippen LogP contribution in [0.4, 0.5) is 11.4 Å². The molecule has 24 heavy (non-hydrogen) atoms. The van der Waals surface area contributed by atoms with E-state index in [1.165, 1.54) is 11.8 Å². The maximum absolute atomic E-state index is 12.4. The summed E-state index contributed by atoms with van der Waals surface area (Å²) in [5, 5.41) is 2.80. The van der Waals surface area contributed by atoms with Crippen molar-refractivity contribution in [3.8, 4) is 5.75 Å². The number of aryl methyl sites for hydroxylation is 1. The van der Waals surface area contributed by atoms with Crippen LogP contribution in [0.15, 0.2) is 46.9 Å². The van der Waals surface area contributed by atoms with Gasteiger partial charge in [0.15, 0.2) is 0 Å². The minimum atomic E-state index is -0.301. The number of carbonyl (C=O) groups is 2.